The normalized spacial score (nSPS) is 16.9. The minimum absolute atomic E-state index is 0.0339. The molecule has 1 aliphatic heterocycles. The third-order valence-electron chi connectivity index (χ3n) is 4.08. The van der Waals surface area contributed by atoms with Crippen molar-refractivity contribution in [1.29, 1.82) is 0 Å². The van der Waals surface area contributed by atoms with Crippen molar-refractivity contribution < 1.29 is 14.3 Å². The molecule has 1 atom stereocenters. The van der Waals surface area contributed by atoms with E-state index in [4.69, 9.17) is 9.47 Å². The standard InChI is InChI=1S/C18H21N3O3/c1-23-16-8-9-17(20-19-16)24-15-11-12-21(13-15)18(22)10-7-14-5-3-2-4-6-14/h2-6,8-9,15H,7,10-13H2,1H3/t15-/m0/s1. The Hall–Kier alpha value is -2.63. The molecule has 1 aromatic heterocycles. The van der Waals surface area contributed by atoms with Crippen LogP contribution < -0.4 is 9.47 Å². The van der Waals surface area contributed by atoms with Gasteiger partial charge in [-0.3, -0.25) is 4.79 Å². The van der Waals surface area contributed by atoms with Crippen molar-refractivity contribution >= 4 is 5.91 Å². The van der Waals surface area contributed by atoms with Crippen molar-refractivity contribution in [2.45, 2.75) is 25.4 Å². The van der Waals surface area contributed by atoms with Crippen LogP contribution in [0.15, 0.2) is 42.5 Å². The average Bonchev–Trinajstić information content (AvgIpc) is 3.10. The van der Waals surface area contributed by atoms with Crippen LogP contribution in [0.25, 0.3) is 0 Å². The van der Waals surface area contributed by atoms with Gasteiger partial charge < -0.3 is 14.4 Å². The van der Waals surface area contributed by atoms with E-state index < -0.39 is 0 Å². The molecule has 0 spiro atoms. The zero-order valence-corrected chi connectivity index (χ0v) is 13.7. The monoisotopic (exact) mass is 327 g/mol. The largest absolute Gasteiger partial charge is 0.480 e. The smallest absolute Gasteiger partial charge is 0.233 e. The Bertz CT molecular complexity index is 661. The van der Waals surface area contributed by atoms with Gasteiger partial charge in [0.15, 0.2) is 0 Å². The lowest BCUT2D eigenvalue weighted by atomic mass is 10.1. The molecule has 1 saturated heterocycles. The van der Waals surface area contributed by atoms with Crippen LogP contribution in [0.4, 0.5) is 0 Å². The average molecular weight is 327 g/mol. The Labute approximate surface area is 141 Å². The van der Waals surface area contributed by atoms with Crippen LogP contribution >= 0.6 is 0 Å². The molecule has 0 radical (unpaired) electrons. The van der Waals surface area contributed by atoms with Crippen molar-refractivity contribution in [3.63, 3.8) is 0 Å². The van der Waals surface area contributed by atoms with E-state index in [1.807, 2.05) is 35.2 Å². The predicted molar refractivity (Wildman–Crippen MR) is 89.0 cm³/mol. The van der Waals surface area contributed by atoms with E-state index in [1.54, 1.807) is 19.2 Å². The summed E-state index contributed by atoms with van der Waals surface area (Å²) in [5.74, 6) is 1.08. The summed E-state index contributed by atoms with van der Waals surface area (Å²) in [5.41, 5.74) is 1.19. The van der Waals surface area contributed by atoms with Crippen molar-refractivity contribution in [3.05, 3.63) is 48.0 Å². The molecule has 6 heteroatoms. The molecule has 3 rings (SSSR count). The van der Waals surface area contributed by atoms with E-state index in [0.717, 1.165) is 19.4 Å². The first-order chi connectivity index (χ1) is 11.7. The Morgan fingerprint density at radius 2 is 1.92 bits per heavy atom. The van der Waals surface area contributed by atoms with E-state index in [9.17, 15) is 4.79 Å². The van der Waals surface area contributed by atoms with Crippen LogP contribution in [-0.2, 0) is 11.2 Å². The van der Waals surface area contributed by atoms with E-state index in [-0.39, 0.29) is 12.0 Å². The fourth-order valence-electron chi connectivity index (χ4n) is 2.76. The van der Waals surface area contributed by atoms with Crippen molar-refractivity contribution in [2.75, 3.05) is 20.2 Å². The van der Waals surface area contributed by atoms with Crippen molar-refractivity contribution in [2.24, 2.45) is 0 Å². The molecular weight excluding hydrogens is 306 g/mol. The number of carbonyl (C=O) groups is 1. The summed E-state index contributed by atoms with van der Waals surface area (Å²) in [6, 6.07) is 13.5. The number of methoxy groups -OCH3 is 1. The first-order valence-electron chi connectivity index (χ1n) is 8.10. The summed E-state index contributed by atoms with van der Waals surface area (Å²) >= 11 is 0. The van der Waals surface area contributed by atoms with Crippen LogP contribution in [0.1, 0.15) is 18.4 Å². The molecule has 2 aromatic rings. The van der Waals surface area contributed by atoms with Gasteiger partial charge >= 0.3 is 0 Å². The second-order valence-corrected chi connectivity index (χ2v) is 5.77. The second kappa shape index (κ2) is 7.77. The predicted octanol–water partition coefficient (Wildman–Crippen LogP) is 2.10. The van der Waals surface area contributed by atoms with E-state index in [1.165, 1.54) is 5.56 Å². The maximum absolute atomic E-state index is 12.3. The fourth-order valence-corrected chi connectivity index (χ4v) is 2.76. The number of hydrogen-bond donors (Lipinski definition) is 0. The topological polar surface area (TPSA) is 64.6 Å². The molecule has 1 fully saturated rings. The van der Waals surface area contributed by atoms with Crippen LogP contribution in [0.3, 0.4) is 0 Å². The summed E-state index contributed by atoms with van der Waals surface area (Å²) in [4.78, 5) is 14.2. The number of aryl methyl sites for hydroxylation is 1. The van der Waals surface area contributed by atoms with Gasteiger partial charge in [-0.15, -0.1) is 10.2 Å². The number of likely N-dealkylation sites (tertiary alicyclic amines) is 1. The van der Waals surface area contributed by atoms with Gasteiger partial charge in [-0.1, -0.05) is 30.3 Å². The molecule has 1 amide bonds. The summed E-state index contributed by atoms with van der Waals surface area (Å²) in [6.45, 7) is 1.32. The minimum Gasteiger partial charge on any atom is -0.480 e. The maximum Gasteiger partial charge on any atom is 0.233 e. The third kappa shape index (κ3) is 4.22. The number of ether oxygens (including phenoxy) is 2. The zero-order chi connectivity index (χ0) is 16.8. The molecule has 0 unspecified atom stereocenters. The van der Waals surface area contributed by atoms with Gasteiger partial charge in [0.25, 0.3) is 0 Å². The fraction of sp³-hybridized carbons (Fsp3) is 0.389. The second-order valence-electron chi connectivity index (χ2n) is 5.77. The Morgan fingerprint density at radius 3 is 2.62 bits per heavy atom. The highest BCUT2D eigenvalue weighted by atomic mass is 16.5. The lowest BCUT2D eigenvalue weighted by Crippen LogP contribution is -2.31. The molecule has 24 heavy (non-hydrogen) atoms. The third-order valence-corrected chi connectivity index (χ3v) is 4.08. The van der Waals surface area contributed by atoms with Gasteiger partial charge in [-0.25, -0.2) is 0 Å². The van der Waals surface area contributed by atoms with E-state index in [0.29, 0.717) is 24.7 Å². The Balaban J connectivity index is 1.46. The number of nitrogens with zero attached hydrogens (tertiary/aromatic N) is 3. The Kier molecular flexibility index (Phi) is 5.25. The molecule has 6 nitrogen and oxygen atoms in total. The van der Waals surface area contributed by atoms with Crippen molar-refractivity contribution in [3.8, 4) is 11.8 Å². The number of benzene rings is 1. The molecule has 0 bridgehead atoms. The molecule has 0 aliphatic carbocycles. The van der Waals surface area contributed by atoms with Crippen molar-refractivity contribution in [1.82, 2.24) is 15.1 Å². The van der Waals surface area contributed by atoms with Gasteiger partial charge in [0, 0.05) is 31.5 Å². The summed E-state index contributed by atoms with van der Waals surface area (Å²) in [7, 11) is 1.54. The maximum atomic E-state index is 12.3. The first-order valence-corrected chi connectivity index (χ1v) is 8.10. The number of amides is 1. The number of hydrogen-bond acceptors (Lipinski definition) is 5. The molecule has 0 N–H and O–H groups in total. The molecule has 0 saturated carbocycles. The lowest BCUT2D eigenvalue weighted by molar-refractivity contribution is -0.130. The van der Waals surface area contributed by atoms with Gasteiger partial charge in [0.1, 0.15) is 6.10 Å². The van der Waals surface area contributed by atoms with Gasteiger partial charge in [-0.05, 0) is 12.0 Å². The lowest BCUT2D eigenvalue weighted by Gasteiger charge is -2.17. The van der Waals surface area contributed by atoms with Gasteiger partial charge in [-0.2, -0.15) is 0 Å². The summed E-state index contributed by atoms with van der Waals surface area (Å²) < 4.78 is 10.8. The Morgan fingerprint density at radius 1 is 1.17 bits per heavy atom. The molecule has 126 valence electrons. The van der Waals surface area contributed by atoms with Crippen LogP contribution in [-0.4, -0.2) is 47.3 Å². The van der Waals surface area contributed by atoms with Crippen LogP contribution in [0.2, 0.25) is 0 Å². The zero-order valence-electron chi connectivity index (χ0n) is 13.7. The molecular formula is C18H21N3O3. The van der Waals surface area contributed by atoms with Crippen LogP contribution in [0.5, 0.6) is 11.8 Å². The highest BCUT2D eigenvalue weighted by Crippen LogP contribution is 2.18. The van der Waals surface area contributed by atoms with Crippen LogP contribution in [0, 0.1) is 0 Å². The number of rotatable bonds is 6. The SMILES string of the molecule is COc1ccc(O[C@H]2CCN(C(=O)CCc3ccccc3)C2)nn1. The molecule has 2 heterocycles. The quantitative estimate of drug-likeness (QED) is 0.813. The van der Waals surface area contributed by atoms with E-state index in [2.05, 4.69) is 10.2 Å². The molecule has 1 aliphatic rings. The summed E-state index contributed by atoms with van der Waals surface area (Å²) in [5, 5.41) is 7.84. The van der Waals surface area contributed by atoms with Gasteiger partial charge in [0.2, 0.25) is 17.7 Å². The van der Waals surface area contributed by atoms with E-state index >= 15 is 0 Å². The highest BCUT2D eigenvalue weighted by molar-refractivity contribution is 5.76. The number of carbonyl (C=O) groups excluding carboxylic acids is 1. The molecule has 1 aromatic carbocycles. The number of aromatic nitrogens is 2. The highest BCUT2D eigenvalue weighted by Gasteiger charge is 2.27. The summed E-state index contributed by atoms with van der Waals surface area (Å²) in [6.07, 6.45) is 2.07. The minimum atomic E-state index is -0.0339. The first kappa shape index (κ1) is 16.2. The van der Waals surface area contributed by atoms with Gasteiger partial charge in [0.05, 0.1) is 13.7 Å².